The van der Waals surface area contributed by atoms with Crippen molar-refractivity contribution in [1.29, 1.82) is 0 Å². The number of hydrogen-bond acceptors (Lipinski definition) is 1. The minimum Gasteiger partial charge on any atom is -0.309 e. The Morgan fingerprint density at radius 1 is 0.654 bits per heavy atom. The van der Waals surface area contributed by atoms with Crippen molar-refractivity contribution in [2.45, 2.75) is 103 Å². The Kier molecular flexibility index (Phi) is 14.6. The van der Waals surface area contributed by atoms with Crippen LogP contribution in [0, 0.1) is 0 Å². The number of unbranched alkanes of at least 4 members (excludes halogenated alkanes) is 11. The van der Waals surface area contributed by atoms with Crippen LogP contribution in [0.15, 0.2) is 30.3 Å². The van der Waals surface area contributed by atoms with E-state index in [4.69, 9.17) is 0 Å². The summed E-state index contributed by atoms with van der Waals surface area (Å²) in [6.45, 7) is 3.59. The van der Waals surface area contributed by atoms with E-state index < -0.39 is 0 Å². The van der Waals surface area contributed by atoms with Gasteiger partial charge in [-0.3, -0.25) is 0 Å². The zero-order valence-electron chi connectivity index (χ0n) is 18.0. The van der Waals surface area contributed by atoms with Gasteiger partial charge < -0.3 is 4.90 Å². The topological polar surface area (TPSA) is 3.24 Å². The molecular formula is C25H45N. The van der Waals surface area contributed by atoms with Crippen LogP contribution >= 0.6 is 0 Å². The van der Waals surface area contributed by atoms with Gasteiger partial charge in [-0.05, 0) is 51.4 Å². The van der Waals surface area contributed by atoms with Crippen molar-refractivity contribution in [2.75, 3.05) is 20.6 Å². The Hall–Kier alpha value is -0.820. The van der Waals surface area contributed by atoms with Gasteiger partial charge in [0.2, 0.25) is 0 Å². The summed E-state index contributed by atoms with van der Waals surface area (Å²) in [6, 6.07) is 11.1. The van der Waals surface area contributed by atoms with Crippen molar-refractivity contribution in [3.8, 4) is 0 Å². The number of hydrogen-bond donors (Lipinski definition) is 0. The molecule has 0 amide bonds. The van der Waals surface area contributed by atoms with Crippen LogP contribution in [0.3, 0.4) is 0 Å². The van der Waals surface area contributed by atoms with E-state index in [1.165, 1.54) is 102 Å². The molecule has 0 spiro atoms. The minimum atomic E-state index is 0.772. The summed E-state index contributed by atoms with van der Waals surface area (Å²) >= 11 is 0. The average Bonchev–Trinajstić information content (AvgIpc) is 2.65. The van der Waals surface area contributed by atoms with Gasteiger partial charge in [-0.2, -0.15) is 0 Å². The van der Waals surface area contributed by atoms with E-state index in [9.17, 15) is 0 Å². The monoisotopic (exact) mass is 359 g/mol. The van der Waals surface area contributed by atoms with E-state index in [0.29, 0.717) is 0 Å². The number of nitrogens with zero attached hydrogens (tertiary/aromatic N) is 1. The molecule has 1 aromatic rings. The molecule has 0 fully saturated rings. The Morgan fingerprint density at radius 2 is 1.12 bits per heavy atom. The maximum Gasteiger partial charge on any atom is -0.00248 e. The quantitative estimate of drug-likeness (QED) is 0.256. The summed E-state index contributed by atoms with van der Waals surface area (Å²) in [6.07, 6.45) is 19.9. The molecule has 1 unspecified atom stereocenters. The predicted octanol–water partition coefficient (Wildman–Crippen LogP) is 7.81. The molecule has 0 aliphatic carbocycles. The Morgan fingerprint density at radius 3 is 1.58 bits per heavy atom. The van der Waals surface area contributed by atoms with E-state index >= 15 is 0 Å². The van der Waals surface area contributed by atoms with Gasteiger partial charge in [0.05, 0.1) is 0 Å². The second kappa shape index (κ2) is 16.4. The van der Waals surface area contributed by atoms with Gasteiger partial charge in [-0.1, -0.05) is 108 Å². The second-order valence-electron chi connectivity index (χ2n) is 8.35. The fraction of sp³-hybridized carbons (Fsp3) is 0.760. The fourth-order valence-electron chi connectivity index (χ4n) is 3.92. The standard InChI is InChI=1S/C25H45N/c1-4-24(25-21-17-15-18-22-25)20-16-13-11-9-7-5-6-8-10-12-14-19-23-26(2)3/h15,17-18,21-22,24H,4-14,16,19-20,23H2,1-3H3. The Bertz CT molecular complexity index is 398. The summed E-state index contributed by atoms with van der Waals surface area (Å²) in [4.78, 5) is 2.30. The highest BCUT2D eigenvalue weighted by Gasteiger charge is 2.07. The summed E-state index contributed by atoms with van der Waals surface area (Å²) in [7, 11) is 4.34. The molecule has 0 bridgehead atoms. The third-order valence-corrected chi connectivity index (χ3v) is 5.67. The maximum atomic E-state index is 2.33. The van der Waals surface area contributed by atoms with Crippen molar-refractivity contribution in [1.82, 2.24) is 4.90 Å². The van der Waals surface area contributed by atoms with Crippen LogP contribution in [0.5, 0.6) is 0 Å². The van der Waals surface area contributed by atoms with Gasteiger partial charge >= 0.3 is 0 Å². The first kappa shape index (κ1) is 23.2. The summed E-state index contributed by atoms with van der Waals surface area (Å²) in [5, 5.41) is 0. The van der Waals surface area contributed by atoms with E-state index in [2.05, 4.69) is 56.3 Å². The average molecular weight is 360 g/mol. The zero-order chi connectivity index (χ0) is 18.9. The lowest BCUT2D eigenvalue weighted by Crippen LogP contribution is -2.12. The molecule has 26 heavy (non-hydrogen) atoms. The third kappa shape index (κ3) is 12.5. The molecule has 0 radical (unpaired) electrons. The SMILES string of the molecule is CCC(CCCCCCCCCCCCCCN(C)C)c1ccccc1. The molecule has 0 N–H and O–H groups in total. The highest BCUT2D eigenvalue weighted by atomic mass is 15.0. The van der Waals surface area contributed by atoms with Gasteiger partial charge in [0, 0.05) is 0 Å². The highest BCUT2D eigenvalue weighted by molar-refractivity contribution is 5.19. The van der Waals surface area contributed by atoms with Crippen molar-refractivity contribution in [2.24, 2.45) is 0 Å². The van der Waals surface area contributed by atoms with Crippen LogP contribution < -0.4 is 0 Å². The molecular weight excluding hydrogens is 314 g/mol. The predicted molar refractivity (Wildman–Crippen MR) is 118 cm³/mol. The molecule has 1 nitrogen and oxygen atoms in total. The van der Waals surface area contributed by atoms with Crippen molar-refractivity contribution < 1.29 is 0 Å². The molecule has 0 saturated heterocycles. The number of benzene rings is 1. The van der Waals surface area contributed by atoms with Crippen LogP contribution in [0.25, 0.3) is 0 Å². The number of rotatable bonds is 17. The van der Waals surface area contributed by atoms with Crippen LogP contribution in [0.1, 0.15) is 108 Å². The minimum absolute atomic E-state index is 0.772. The van der Waals surface area contributed by atoms with Crippen LogP contribution in [-0.2, 0) is 0 Å². The Labute approximate surface area is 164 Å². The van der Waals surface area contributed by atoms with Crippen LogP contribution in [0.2, 0.25) is 0 Å². The first-order valence-corrected chi connectivity index (χ1v) is 11.4. The molecule has 0 saturated carbocycles. The molecule has 1 aromatic carbocycles. The van der Waals surface area contributed by atoms with Crippen molar-refractivity contribution >= 4 is 0 Å². The molecule has 0 aromatic heterocycles. The van der Waals surface area contributed by atoms with E-state index in [1.54, 1.807) is 0 Å². The molecule has 0 aliphatic heterocycles. The lowest BCUT2D eigenvalue weighted by Gasteiger charge is -2.15. The lowest BCUT2D eigenvalue weighted by molar-refractivity contribution is 0.389. The fourth-order valence-corrected chi connectivity index (χ4v) is 3.92. The molecule has 0 aliphatic rings. The van der Waals surface area contributed by atoms with Gasteiger partial charge in [0.1, 0.15) is 0 Å². The van der Waals surface area contributed by atoms with Crippen LogP contribution in [0.4, 0.5) is 0 Å². The summed E-state index contributed by atoms with van der Waals surface area (Å²) in [5.41, 5.74) is 1.54. The largest absolute Gasteiger partial charge is 0.309 e. The molecule has 1 rings (SSSR count). The molecule has 0 heterocycles. The zero-order valence-corrected chi connectivity index (χ0v) is 18.0. The van der Waals surface area contributed by atoms with Crippen molar-refractivity contribution in [3.63, 3.8) is 0 Å². The first-order chi connectivity index (χ1) is 12.7. The molecule has 1 atom stereocenters. The van der Waals surface area contributed by atoms with Gasteiger partial charge in [-0.15, -0.1) is 0 Å². The maximum absolute atomic E-state index is 2.33. The summed E-state index contributed by atoms with van der Waals surface area (Å²) in [5.74, 6) is 0.772. The van der Waals surface area contributed by atoms with Crippen LogP contribution in [-0.4, -0.2) is 25.5 Å². The van der Waals surface area contributed by atoms with Crippen molar-refractivity contribution in [3.05, 3.63) is 35.9 Å². The van der Waals surface area contributed by atoms with E-state index in [0.717, 1.165) is 5.92 Å². The highest BCUT2D eigenvalue weighted by Crippen LogP contribution is 2.25. The lowest BCUT2D eigenvalue weighted by atomic mass is 9.91. The van der Waals surface area contributed by atoms with Gasteiger partial charge in [0.15, 0.2) is 0 Å². The molecule has 150 valence electrons. The normalized spacial score (nSPS) is 12.6. The Balaban J connectivity index is 1.85. The second-order valence-corrected chi connectivity index (χ2v) is 8.35. The smallest absolute Gasteiger partial charge is 0.00248 e. The van der Waals surface area contributed by atoms with E-state index in [1.807, 2.05) is 0 Å². The summed E-state index contributed by atoms with van der Waals surface area (Å²) < 4.78 is 0. The molecule has 1 heteroatoms. The van der Waals surface area contributed by atoms with Gasteiger partial charge in [0.25, 0.3) is 0 Å². The van der Waals surface area contributed by atoms with E-state index in [-0.39, 0.29) is 0 Å². The third-order valence-electron chi connectivity index (χ3n) is 5.67. The first-order valence-electron chi connectivity index (χ1n) is 11.4. The van der Waals surface area contributed by atoms with Gasteiger partial charge in [-0.25, -0.2) is 0 Å².